The molecule has 0 aromatic carbocycles. The van der Waals surface area contributed by atoms with Crippen LogP contribution in [0.2, 0.25) is 0 Å². The normalized spacial score (nSPS) is 19.1. The van der Waals surface area contributed by atoms with E-state index >= 15 is 0 Å². The molecule has 4 nitrogen and oxygen atoms in total. The van der Waals surface area contributed by atoms with Crippen LogP contribution in [0.15, 0.2) is 0 Å². The maximum atomic E-state index is 12.0. The number of nitrogens with zero attached hydrogens (tertiary/aromatic N) is 1. The number of rotatable bonds is 3. The number of alkyl halides is 3. The lowest BCUT2D eigenvalue weighted by Crippen LogP contribution is -2.53. The summed E-state index contributed by atoms with van der Waals surface area (Å²) < 4.78 is 35.6. The largest absolute Gasteiger partial charge is 0.405 e. The fourth-order valence-corrected chi connectivity index (χ4v) is 3.16. The first kappa shape index (κ1) is 16.4. The predicted molar refractivity (Wildman–Crippen MR) is 73.3 cm³/mol. The average molecular weight is 315 g/mol. The van der Waals surface area contributed by atoms with Gasteiger partial charge in [-0.3, -0.25) is 0 Å². The van der Waals surface area contributed by atoms with E-state index < -0.39 is 18.8 Å². The summed E-state index contributed by atoms with van der Waals surface area (Å²) in [7, 11) is 0. The number of likely N-dealkylation sites (tertiary alicyclic amines) is 1. The Labute approximate surface area is 119 Å². The molecule has 0 spiro atoms. The monoisotopic (exact) mass is 315 g/mol. The summed E-state index contributed by atoms with van der Waals surface area (Å²) in [6.07, 6.45) is -1.39. The first-order valence-corrected chi connectivity index (χ1v) is 7.28. The van der Waals surface area contributed by atoms with Crippen molar-refractivity contribution in [3.8, 4) is 0 Å². The third kappa shape index (κ3) is 4.41. The molecule has 0 aromatic heterocycles. The number of amides is 2. The second kappa shape index (κ2) is 6.17. The van der Waals surface area contributed by atoms with Gasteiger partial charge in [-0.25, -0.2) is 4.79 Å². The SMILES string of the molecule is CSC1(C(N)=S)CCN(C(=O)NCC(F)(F)F)CC1. The van der Waals surface area contributed by atoms with Gasteiger partial charge in [0, 0.05) is 13.1 Å². The summed E-state index contributed by atoms with van der Waals surface area (Å²) in [5.74, 6) is 0. The van der Waals surface area contributed by atoms with Crippen molar-refractivity contribution in [2.45, 2.75) is 23.8 Å². The lowest BCUT2D eigenvalue weighted by Gasteiger charge is -2.39. The van der Waals surface area contributed by atoms with E-state index in [1.54, 1.807) is 0 Å². The van der Waals surface area contributed by atoms with Gasteiger partial charge in [0.15, 0.2) is 0 Å². The highest BCUT2D eigenvalue weighted by atomic mass is 32.2. The molecule has 1 heterocycles. The minimum absolute atomic E-state index is 0.349. The third-order valence-electron chi connectivity index (χ3n) is 3.14. The van der Waals surface area contributed by atoms with E-state index in [0.717, 1.165) is 0 Å². The van der Waals surface area contributed by atoms with Crippen molar-refractivity contribution < 1.29 is 18.0 Å². The van der Waals surface area contributed by atoms with Gasteiger partial charge in [0.05, 0.1) is 9.74 Å². The second-order valence-corrected chi connectivity index (χ2v) is 5.95. The zero-order chi connectivity index (χ0) is 14.7. The average Bonchev–Trinajstić information content (AvgIpc) is 2.35. The van der Waals surface area contributed by atoms with E-state index in [-0.39, 0.29) is 4.75 Å². The number of carbonyl (C=O) groups is 1. The molecule has 1 aliphatic rings. The van der Waals surface area contributed by atoms with E-state index in [9.17, 15) is 18.0 Å². The summed E-state index contributed by atoms with van der Waals surface area (Å²) in [4.78, 5) is 13.3. The molecule has 19 heavy (non-hydrogen) atoms. The Balaban J connectivity index is 2.49. The van der Waals surface area contributed by atoms with Crippen LogP contribution in [-0.2, 0) is 0 Å². The number of hydrogen-bond acceptors (Lipinski definition) is 3. The number of urea groups is 1. The summed E-state index contributed by atoms with van der Waals surface area (Å²) in [5.41, 5.74) is 5.69. The van der Waals surface area contributed by atoms with Crippen molar-refractivity contribution in [1.29, 1.82) is 0 Å². The molecule has 3 N–H and O–H groups in total. The first-order valence-electron chi connectivity index (χ1n) is 5.65. The highest BCUT2D eigenvalue weighted by Crippen LogP contribution is 2.34. The summed E-state index contributed by atoms with van der Waals surface area (Å²) in [6.45, 7) is -0.616. The van der Waals surface area contributed by atoms with Crippen molar-refractivity contribution in [2.24, 2.45) is 5.73 Å². The summed E-state index contributed by atoms with van der Waals surface area (Å²) in [6, 6.07) is -0.699. The molecule has 0 saturated carbocycles. The molecular formula is C10H16F3N3OS2. The molecule has 0 aliphatic carbocycles. The van der Waals surface area contributed by atoms with Crippen molar-refractivity contribution in [3.05, 3.63) is 0 Å². The van der Waals surface area contributed by atoms with Gasteiger partial charge in [-0.1, -0.05) is 12.2 Å². The smallest absolute Gasteiger partial charge is 0.392 e. The number of hydrogen-bond donors (Lipinski definition) is 2. The Morgan fingerprint density at radius 1 is 1.47 bits per heavy atom. The van der Waals surface area contributed by atoms with Gasteiger partial charge >= 0.3 is 12.2 Å². The van der Waals surface area contributed by atoms with Crippen molar-refractivity contribution in [3.63, 3.8) is 0 Å². The number of piperidine rings is 1. The molecule has 0 aromatic rings. The van der Waals surface area contributed by atoms with Crippen LogP contribution in [-0.4, -0.2) is 52.7 Å². The van der Waals surface area contributed by atoms with Gasteiger partial charge in [0.2, 0.25) is 0 Å². The van der Waals surface area contributed by atoms with E-state index in [0.29, 0.717) is 30.9 Å². The number of thiocarbonyl (C=S) groups is 1. The Hall–Kier alpha value is -0.700. The topological polar surface area (TPSA) is 58.4 Å². The Kier molecular flexibility index (Phi) is 5.31. The Bertz CT molecular complexity index is 354. The van der Waals surface area contributed by atoms with Crippen LogP contribution in [0.5, 0.6) is 0 Å². The molecule has 1 fully saturated rings. The third-order valence-corrected chi connectivity index (χ3v) is 5.07. The molecule has 9 heteroatoms. The zero-order valence-electron chi connectivity index (χ0n) is 10.4. The van der Waals surface area contributed by atoms with Gasteiger partial charge in [0.25, 0.3) is 0 Å². The molecule has 0 unspecified atom stereocenters. The zero-order valence-corrected chi connectivity index (χ0v) is 12.1. The van der Waals surface area contributed by atoms with E-state index in [4.69, 9.17) is 18.0 Å². The van der Waals surface area contributed by atoms with Crippen LogP contribution < -0.4 is 11.1 Å². The fourth-order valence-electron chi connectivity index (χ4n) is 1.91. The molecule has 110 valence electrons. The summed E-state index contributed by atoms with van der Waals surface area (Å²) in [5, 5.41) is 1.86. The van der Waals surface area contributed by atoms with Crippen LogP contribution in [0.4, 0.5) is 18.0 Å². The number of carbonyl (C=O) groups excluding carboxylic acids is 1. The second-order valence-electron chi connectivity index (χ2n) is 4.32. The van der Waals surface area contributed by atoms with Gasteiger partial charge < -0.3 is 16.0 Å². The van der Waals surface area contributed by atoms with Crippen LogP contribution in [0.1, 0.15) is 12.8 Å². The van der Waals surface area contributed by atoms with Gasteiger partial charge in [-0.05, 0) is 19.1 Å². The predicted octanol–water partition coefficient (Wildman–Crippen LogP) is 1.74. The van der Waals surface area contributed by atoms with Gasteiger partial charge in [-0.2, -0.15) is 24.9 Å². The first-order chi connectivity index (χ1) is 8.70. The van der Waals surface area contributed by atoms with Crippen molar-refractivity contribution in [2.75, 3.05) is 25.9 Å². The quantitative estimate of drug-likeness (QED) is 0.779. The Morgan fingerprint density at radius 3 is 2.37 bits per heavy atom. The fraction of sp³-hybridized carbons (Fsp3) is 0.800. The molecule has 2 amide bonds. The van der Waals surface area contributed by atoms with Crippen LogP contribution >= 0.6 is 24.0 Å². The molecule has 1 rings (SSSR count). The van der Waals surface area contributed by atoms with Crippen LogP contribution in [0.3, 0.4) is 0 Å². The van der Waals surface area contributed by atoms with E-state index in [2.05, 4.69) is 0 Å². The van der Waals surface area contributed by atoms with Gasteiger partial charge in [-0.15, -0.1) is 0 Å². The number of nitrogens with one attached hydrogen (secondary N) is 1. The molecule has 0 bridgehead atoms. The maximum absolute atomic E-state index is 12.0. The Morgan fingerprint density at radius 2 is 2.00 bits per heavy atom. The summed E-state index contributed by atoms with van der Waals surface area (Å²) >= 11 is 6.55. The van der Waals surface area contributed by atoms with Crippen LogP contribution in [0, 0.1) is 0 Å². The molecule has 1 aliphatic heterocycles. The molecule has 0 atom stereocenters. The van der Waals surface area contributed by atoms with Gasteiger partial charge in [0.1, 0.15) is 6.54 Å². The molecule has 0 radical (unpaired) electrons. The number of halogens is 3. The van der Waals surface area contributed by atoms with E-state index in [1.807, 2.05) is 11.6 Å². The molecular weight excluding hydrogens is 299 g/mol. The maximum Gasteiger partial charge on any atom is 0.405 e. The lowest BCUT2D eigenvalue weighted by atomic mass is 9.96. The number of nitrogens with two attached hydrogens (primary N) is 1. The minimum atomic E-state index is -4.40. The lowest BCUT2D eigenvalue weighted by molar-refractivity contribution is -0.123. The van der Waals surface area contributed by atoms with E-state index in [1.165, 1.54) is 16.7 Å². The highest BCUT2D eigenvalue weighted by molar-refractivity contribution is 8.02. The van der Waals surface area contributed by atoms with Crippen molar-refractivity contribution in [1.82, 2.24) is 10.2 Å². The highest BCUT2D eigenvalue weighted by Gasteiger charge is 2.38. The standard InChI is InChI=1S/C10H16F3N3OS2/c1-19-9(7(14)18)2-4-16(5-3-9)8(17)15-6-10(11,12)13/h2-6H2,1H3,(H2,14,18)(H,15,17). The number of thioether (sulfide) groups is 1. The van der Waals surface area contributed by atoms with Crippen molar-refractivity contribution >= 4 is 35.0 Å². The van der Waals surface area contributed by atoms with Crippen LogP contribution in [0.25, 0.3) is 0 Å². The molecule has 1 saturated heterocycles. The minimum Gasteiger partial charge on any atom is -0.392 e.